The largest absolute Gasteiger partial charge is 0.351 e. The Morgan fingerprint density at radius 3 is 2.65 bits per heavy atom. The molecule has 3 N–H and O–H groups in total. The molecule has 0 aromatic carbocycles. The van der Waals surface area contributed by atoms with Crippen molar-refractivity contribution in [3.63, 3.8) is 0 Å². The molecular weight excluding hydrogens is 314 g/mol. The van der Waals surface area contributed by atoms with E-state index in [4.69, 9.17) is 0 Å². The maximum absolute atomic E-state index is 12.3. The third-order valence-corrected chi connectivity index (χ3v) is 4.23. The van der Waals surface area contributed by atoms with E-state index >= 15 is 0 Å². The van der Waals surface area contributed by atoms with Crippen LogP contribution in [0.15, 0.2) is 0 Å². The summed E-state index contributed by atoms with van der Waals surface area (Å²) in [5, 5.41) is 13.4. The molecule has 1 amide bonds. The number of nitrogens with one attached hydrogen (secondary N) is 3. The van der Waals surface area contributed by atoms with Crippen LogP contribution in [0.2, 0.25) is 0 Å². The molecule has 23 heavy (non-hydrogen) atoms. The maximum Gasteiger partial charge on any atom is 0.272 e. The molecule has 6 nitrogen and oxygen atoms in total. The van der Waals surface area contributed by atoms with Crippen LogP contribution in [0.3, 0.4) is 0 Å². The molecule has 0 saturated heterocycles. The Morgan fingerprint density at radius 1 is 1.30 bits per heavy atom. The Hall–Kier alpha value is -1.11. The SMILES string of the molecule is CC(C)N(CCCNC(=O)c1n[nH]c2c1CNCC2)C(C)C.Cl. The molecular formula is C16H30ClN5O. The molecule has 1 aliphatic heterocycles. The minimum Gasteiger partial charge on any atom is -0.351 e. The van der Waals surface area contributed by atoms with Crippen LogP contribution in [-0.4, -0.2) is 52.7 Å². The summed E-state index contributed by atoms with van der Waals surface area (Å²) < 4.78 is 0. The van der Waals surface area contributed by atoms with Crippen LogP contribution in [0.25, 0.3) is 0 Å². The van der Waals surface area contributed by atoms with Crippen molar-refractivity contribution in [1.29, 1.82) is 0 Å². The molecule has 1 aromatic heterocycles. The van der Waals surface area contributed by atoms with Crippen molar-refractivity contribution >= 4 is 18.3 Å². The number of halogens is 1. The van der Waals surface area contributed by atoms with Crippen LogP contribution in [0.4, 0.5) is 0 Å². The van der Waals surface area contributed by atoms with Crippen LogP contribution < -0.4 is 10.6 Å². The van der Waals surface area contributed by atoms with E-state index in [0.29, 0.717) is 24.3 Å². The van der Waals surface area contributed by atoms with E-state index in [2.05, 4.69) is 53.4 Å². The number of amides is 1. The van der Waals surface area contributed by atoms with E-state index < -0.39 is 0 Å². The number of hydrogen-bond donors (Lipinski definition) is 3. The monoisotopic (exact) mass is 343 g/mol. The molecule has 0 bridgehead atoms. The van der Waals surface area contributed by atoms with Gasteiger partial charge in [-0.1, -0.05) is 0 Å². The lowest BCUT2D eigenvalue weighted by atomic mass is 10.1. The lowest BCUT2D eigenvalue weighted by molar-refractivity contribution is 0.0943. The zero-order chi connectivity index (χ0) is 16.1. The number of carbonyl (C=O) groups excluding carboxylic acids is 1. The van der Waals surface area contributed by atoms with Gasteiger partial charge < -0.3 is 10.6 Å². The zero-order valence-electron chi connectivity index (χ0n) is 14.6. The molecule has 0 aliphatic carbocycles. The minimum atomic E-state index is -0.0677. The van der Waals surface area contributed by atoms with Crippen LogP contribution in [0.5, 0.6) is 0 Å². The van der Waals surface area contributed by atoms with Crippen LogP contribution in [0, 0.1) is 0 Å². The number of rotatable bonds is 7. The fourth-order valence-corrected chi connectivity index (χ4v) is 3.07. The first-order valence-electron chi connectivity index (χ1n) is 8.31. The van der Waals surface area contributed by atoms with Crippen molar-refractivity contribution in [2.24, 2.45) is 0 Å². The summed E-state index contributed by atoms with van der Waals surface area (Å²) >= 11 is 0. The second kappa shape index (κ2) is 9.25. The molecule has 132 valence electrons. The van der Waals surface area contributed by atoms with E-state index in [1.165, 1.54) is 0 Å². The van der Waals surface area contributed by atoms with Gasteiger partial charge in [0.2, 0.25) is 0 Å². The number of fused-ring (bicyclic) bond motifs is 1. The molecule has 1 aromatic rings. The quantitative estimate of drug-likeness (QED) is 0.659. The van der Waals surface area contributed by atoms with Crippen LogP contribution in [0.1, 0.15) is 55.9 Å². The highest BCUT2D eigenvalue weighted by atomic mass is 35.5. The molecule has 0 spiro atoms. The highest BCUT2D eigenvalue weighted by Crippen LogP contribution is 2.15. The van der Waals surface area contributed by atoms with Gasteiger partial charge in [-0.15, -0.1) is 12.4 Å². The predicted molar refractivity (Wildman–Crippen MR) is 95.2 cm³/mol. The maximum atomic E-state index is 12.3. The lowest BCUT2D eigenvalue weighted by Gasteiger charge is -2.30. The number of aromatic nitrogens is 2. The predicted octanol–water partition coefficient (Wildman–Crippen LogP) is 1.72. The normalized spacial score (nSPS) is 14.0. The van der Waals surface area contributed by atoms with E-state index in [-0.39, 0.29) is 18.3 Å². The Kier molecular flexibility index (Phi) is 8.02. The van der Waals surface area contributed by atoms with Gasteiger partial charge in [-0.25, -0.2) is 0 Å². The molecule has 0 atom stereocenters. The molecule has 0 radical (unpaired) electrons. The first kappa shape index (κ1) is 19.9. The van der Waals surface area contributed by atoms with Gasteiger partial charge >= 0.3 is 0 Å². The van der Waals surface area contributed by atoms with Crippen molar-refractivity contribution in [3.05, 3.63) is 17.0 Å². The Morgan fingerprint density at radius 2 is 2.00 bits per heavy atom. The summed E-state index contributed by atoms with van der Waals surface area (Å²) in [4.78, 5) is 14.7. The first-order chi connectivity index (χ1) is 10.5. The lowest BCUT2D eigenvalue weighted by Crippen LogP contribution is -2.39. The third kappa shape index (κ3) is 5.19. The fourth-order valence-electron chi connectivity index (χ4n) is 3.07. The van der Waals surface area contributed by atoms with Gasteiger partial charge in [-0.3, -0.25) is 14.8 Å². The van der Waals surface area contributed by atoms with Crippen molar-refractivity contribution in [2.75, 3.05) is 19.6 Å². The van der Waals surface area contributed by atoms with Gasteiger partial charge in [0, 0.05) is 55.9 Å². The van der Waals surface area contributed by atoms with Crippen molar-refractivity contribution < 1.29 is 4.79 Å². The van der Waals surface area contributed by atoms with Gasteiger partial charge in [0.15, 0.2) is 5.69 Å². The van der Waals surface area contributed by atoms with Gasteiger partial charge in [0.1, 0.15) is 0 Å². The molecule has 0 saturated carbocycles. The Balaban J connectivity index is 0.00000264. The average molecular weight is 344 g/mol. The van der Waals surface area contributed by atoms with E-state index in [1.54, 1.807) is 0 Å². The molecule has 1 aliphatic rings. The van der Waals surface area contributed by atoms with Crippen LogP contribution >= 0.6 is 12.4 Å². The number of nitrogens with zero attached hydrogens (tertiary/aromatic N) is 2. The zero-order valence-corrected chi connectivity index (χ0v) is 15.4. The number of H-pyrrole nitrogens is 1. The smallest absolute Gasteiger partial charge is 0.272 e. The Labute approximate surface area is 145 Å². The van der Waals surface area contributed by atoms with Gasteiger partial charge in [-0.05, 0) is 34.1 Å². The summed E-state index contributed by atoms with van der Waals surface area (Å²) in [6.45, 7) is 12.2. The second-order valence-corrected chi connectivity index (χ2v) is 6.49. The highest BCUT2D eigenvalue weighted by Gasteiger charge is 2.21. The molecule has 0 fully saturated rings. The second-order valence-electron chi connectivity index (χ2n) is 6.49. The summed E-state index contributed by atoms with van der Waals surface area (Å²) in [7, 11) is 0. The van der Waals surface area contributed by atoms with Crippen molar-refractivity contribution in [2.45, 2.75) is 59.2 Å². The highest BCUT2D eigenvalue weighted by molar-refractivity contribution is 5.94. The summed E-state index contributed by atoms with van der Waals surface area (Å²) in [5.74, 6) is -0.0677. The Bertz CT molecular complexity index is 493. The van der Waals surface area contributed by atoms with Gasteiger partial charge in [0.25, 0.3) is 5.91 Å². The van der Waals surface area contributed by atoms with E-state index in [9.17, 15) is 4.79 Å². The van der Waals surface area contributed by atoms with E-state index in [1.807, 2.05) is 0 Å². The van der Waals surface area contributed by atoms with Crippen LogP contribution in [-0.2, 0) is 13.0 Å². The molecule has 2 heterocycles. The number of hydrogen-bond acceptors (Lipinski definition) is 4. The minimum absolute atomic E-state index is 0. The number of carbonyl (C=O) groups is 1. The number of aromatic amines is 1. The average Bonchev–Trinajstić information content (AvgIpc) is 2.90. The van der Waals surface area contributed by atoms with Gasteiger partial charge in [0.05, 0.1) is 0 Å². The topological polar surface area (TPSA) is 73.0 Å². The molecule has 0 unspecified atom stereocenters. The van der Waals surface area contributed by atoms with Crippen molar-refractivity contribution in [3.8, 4) is 0 Å². The summed E-state index contributed by atoms with van der Waals surface area (Å²) in [6, 6.07) is 1.06. The molecule has 7 heteroatoms. The summed E-state index contributed by atoms with van der Waals surface area (Å²) in [5.41, 5.74) is 2.66. The van der Waals surface area contributed by atoms with Gasteiger partial charge in [-0.2, -0.15) is 5.10 Å². The standard InChI is InChI=1S/C16H29N5O.ClH/c1-11(2)21(12(3)4)9-5-7-18-16(22)15-13-10-17-8-6-14(13)19-20-15;/h11-12,17H,5-10H2,1-4H3,(H,18,22)(H,19,20);1H. The summed E-state index contributed by atoms with van der Waals surface area (Å²) in [6.07, 6.45) is 1.86. The first-order valence-corrected chi connectivity index (χ1v) is 8.31. The van der Waals surface area contributed by atoms with E-state index in [0.717, 1.165) is 43.7 Å². The van der Waals surface area contributed by atoms with Crippen molar-refractivity contribution in [1.82, 2.24) is 25.7 Å². The third-order valence-electron chi connectivity index (χ3n) is 4.23. The molecule has 2 rings (SSSR count). The fraction of sp³-hybridized carbons (Fsp3) is 0.750.